The summed E-state index contributed by atoms with van der Waals surface area (Å²) in [5.41, 5.74) is 11.0. The van der Waals surface area contributed by atoms with Crippen LogP contribution in [0.15, 0.2) is 162 Å². The maximum absolute atomic E-state index is 13.1. The number of nitriles is 2. The number of aromatic nitrogens is 3. The monoisotopic (exact) mass is 1260 g/mol. The van der Waals surface area contributed by atoms with Crippen molar-refractivity contribution in [2.75, 3.05) is 72.1 Å². The molecule has 4 amide bonds. The highest BCUT2D eigenvalue weighted by atomic mass is 32.1. The fourth-order valence-corrected chi connectivity index (χ4v) is 12.7. The number of carbonyl (C=O) groups excluding carboxylic acids is 7. The van der Waals surface area contributed by atoms with E-state index in [9.17, 15) is 38.8 Å². The Balaban J connectivity index is 0.000000160. The molecule has 9 aromatic rings. The highest BCUT2D eigenvalue weighted by Gasteiger charge is 2.37. The second-order valence-corrected chi connectivity index (χ2v) is 24.0. The zero-order chi connectivity index (χ0) is 63.0. The van der Waals surface area contributed by atoms with Crippen molar-refractivity contribution < 1.29 is 38.3 Å². The van der Waals surface area contributed by atoms with Crippen molar-refractivity contribution in [2.24, 2.45) is 0 Å². The minimum Gasteiger partial charge on any atom is -0.462 e. The fraction of sp³-hybridized carbons (Fsp3) is 0.294. The normalized spacial score (nSPS) is 16.9. The van der Waals surface area contributed by atoms with Crippen molar-refractivity contribution in [3.05, 3.63) is 196 Å². The average molecular weight is 1260 g/mol. The second kappa shape index (κ2) is 31.7. The van der Waals surface area contributed by atoms with Crippen LogP contribution in [-0.4, -0.2) is 182 Å². The number of carbonyl (C=O) groups is 7. The van der Waals surface area contributed by atoms with E-state index >= 15 is 0 Å². The summed E-state index contributed by atoms with van der Waals surface area (Å²) in [5, 5.41) is 18.5. The fourth-order valence-electron chi connectivity index (χ4n) is 10.7. The summed E-state index contributed by atoms with van der Waals surface area (Å²) < 4.78 is 7.96. The number of rotatable bonds is 11. The van der Waals surface area contributed by atoms with Crippen molar-refractivity contribution in [3.8, 4) is 12.1 Å². The number of ether oxygens (including phenoxy) is 1. The van der Waals surface area contributed by atoms with Crippen LogP contribution in [0.4, 0.5) is 0 Å². The van der Waals surface area contributed by atoms with Gasteiger partial charge in [0.25, 0.3) is 23.6 Å². The Kier molecular flexibility index (Phi) is 23.4. The van der Waals surface area contributed by atoms with Crippen molar-refractivity contribution in [1.82, 2.24) is 44.4 Å². The van der Waals surface area contributed by atoms with E-state index in [2.05, 4.69) is 38.9 Å². The molecule has 3 aromatic heterocycles. The Hall–Kier alpha value is -9.42. The molecule has 3 saturated heterocycles. The van der Waals surface area contributed by atoms with E-state index in [1.807, 2.05) is 109 Å². The molecule has 19 nitrogen and oxygen atoms in total. The SMILES string of the molecule is C.CCOC(=O)c1ccc2scnc2c1.C[C@@H]1CN(C(=O)c2ccccc2)CCN1C(=O)C(=O)c1ccc2scnc2c1.C[C@@H]1CN(C(=O)c2ccccc2)CCN1C(C#N)C(=O)c1ccc2scnc2c1.C[C@@H]1CN(C(=O)c2ccccc2)CCN1CC#N. The highest BCUT2D eigenvalue weighted by molar-refractivity contribution is 7.17. The van der Waals surface area contributed by atoms with E-state index in [0.29, 0.717) is 93.3 Å². The minimum atomic E-state index is -0.880. The van der Waals surface area contributed by atoms with E-state index in [0.717, 1.165) is 42.8 Å². The topological polar surface area (TPSA) is 234 Å². The van der Waals surface area contributed by atoms with Crippen LogP contribution in [-0.2, 0) is 9.53 Å². The third-order valence-corrected chi connectivity index (χ3v) is 17.9. The van der Waals surface area contributed by atoms with Gasteiger partial charge >= 0.3 is 5.97 Å². The Labute approximate surface area is 535 Å². The third-order valence-electron chi connectivity index (χ3n) is 15.5. The van der Waals surface area contributed by atoms with E-state index in [1.165, 1.54) is 22.7 Å². The second-order valence-electron chi connectivity index (χ2n) is 21.3. The van der Waals surface area contributed by atoms with Gasteiger partial charge in [-0.3, -0.25) is 38.6 Å². The number of fused-ring (bicyclic) bond motifs is 3. The summed E-state index contributed by atoms with van der Waals surface area (Å²) in [5.74, 6) is -1.58. The standard InChI is InChI=1S/C22H20N4O2S.C21H19N3O3S.C14H17N3O.C10H9NO2S.CH4/c1-15-13-25(22(28)16-5-3-2-4-6-16)9-10-26(15)19(12-23)21(27)17-7-8-20-18(11-17)24-14-29-20;1-14-12-23(20(26)15-5-3-2-4-6-15)9-10-24(14)21(27)19(25)16-7-8-18-17(11-16)22-13-28-18;1-12-11-17(10-9-16(12)8-7-15)14(18)13-5-3-2-4-6-13;1-2-13-10(12)7-3-4-9-8(5-7)11-6-14-9;/h2-8,11,14-15,19H,9-10,13H2,1H3;2-8,11,13-14H,9-10,12H2,1H3;2-6,12H,8-11H2,1H3;3-6H,2H2,1H3;1H4/t15-,19?;14-;12-;;/m111../s1. The zero-order valence-electron chi connectivity index (χ0n) is 49.6. The van der Waals surface area contributed by atoms with Gasteiger partial charge in [0.05, 0.1) is 78.0 Å². The summed E-state index contributed by atoms with van der Waals surface area (Å²) >= 11 is 4.56. The van der Waals surface area contributed by atoms with Crippen LogP contribution in [0.2, 0.25) is 0 Å². The van der Waals surface area contributed by atoms with Crippen molar-refractivity contribution >= 4 is 106 Å². The molecule has 0 aliphatic carbocycles. The quantitative estimate of drug-likeness (QED) is 0.0507. The van der Waals surface area contributed by atoms with Gasteiger partial charge in [0, 0.05) is 105 Å². The number of ketones is 2. The number of hydrogen-bond donors (Lipinski definition) is 0. The number of Topliss-reactive ketones (excluding diaryl/α,β-unsaturated/α-hetero) is 2. The molecule has 90 heavy (non-hydrogen) atoms. The number of hydrogen-bond acceptors (Lipinski definition) is 18. The molecular weight excluding hydrogens is 1200 g/mol. The number of nitrogens with zero attached hydrogens (tertiary/aromatic N) is 11. The zero-order valence-corrected chi connectivity index (χ0v) is 52.0. The smallest absolute Gasteiger partial charge is 0.338 e. The summed E-state index contributed by atoms with van der Waals surface area (Å²) in [6, 6.07) is 46.9. The molecule has 0 N–H and O–H groups in total. The highest BCUT2D eigenvalue weighted by Crippen LogP contribution is 2.25. The van der Waals surface area contributed by atoms with Crippen molar-refractivity contribution in [1.29, 1.82) is 10.5 Å². The molecule has 0 bridgehead atoms. The van der Waals surface area contributed by atoms with Crippen LogP contribution in [0, 0.1) is 22.7 Å². The maximum Gasteiger partial charge on any atom is 0.338 e. The average Bonchev–Trinajstić information content (AvgIpc) is 1.28. The van der Waals surface area contributed by atoms with Crippen LogP contribution >= 0.6 is 34.0 Å². The molecule has 0 saturated carbocycles. The Morgan fingerprint density at radius 3 is 1.39 bits per heavy atom. The first-order chi connectivity index (χ1) is 43.1. The lowest BCUT2D eigenvalue weighted by Gasteiger charge is -2.41. The van der Waals surface area contributed by atoms with Gasteiger partial charge in [-0.25, -0.2) is 19.7 Å². The lowest BCUT2D eigenvalue weighted by Crippen LogP contribution is -2.58. The van der Waals surface area contributed by atoms with Crippen LogP contribution in [0.5, 0.6) is 0 Å². The Bertz CT molecular complexity index is 4060. The maximum atomic E-state index is 13.1. The molecule has 6 aromatic carbocycles. The predicted molar refractivity (Wildman–Crippen MR) is 351 cm³/mol. The minimum absolute atomic E-state index is 0. The summed E-state index contributed by atoms with van der Waals surface area (Å²) in [6.45, 7) is 13.2. The van der Waals surface area contributed by atoms with Crippen molar-refractivity contribution in [3.63, 3.8) is 0 Å². The number of piperazine rings is 3. The summed E-state index contributed by atoms with van der Waals surface area (Å²) in [7, 11) is 0. The number of amides is 4. The van der Waals surface area contributed by atoms with E-state index in [4.69, 9.17) is 10.00 Å². The van der Waals surface area contributed by atoms with E-state index in [1.54, 1.807) is 110 Å². The molecular formula is C68H69N11O8S3. The molecule has 3 aliphatic heterocycles. The van der Waals surface area contributed by atoms with Gasteiger partial charge in [0.1, 0.15) is 0 Å². The molecule has 3 aliphatic rings. The first-order valence-electron chi connectivity index (χ1n) is 29.0. The number of thiazole rings is 3. The largest absolute Gasteiger partial charge is 0.462 e. The van der Waals surface area contributed by atoms with Gasteiger partial charge in [-0.15, -0.1) is 34.0 Å². The van der Waals surface area contributed by atoms with Gasteiger partial charge in [-0.1, -0.05) is 62.0 Å². The van der Waals surface area contributed by atoms with Gasteiger partial charge in [0.15, 0.2) is 11.8 Å². The van der Waals surface area contributed by atoms with E-state index < -0.39 is 17.7 Å². The molecule has 0 radical (unpaired) electrons. The summed E-state index contributed by atoms with van der Waals surface area (Å²) in [6.07, 6.45) is 0. The van der Waals surface area contributed by atoms with Crippen LogP contribution in [0.1, 0.15) is 97.3 Å². The lowest BCUT2D eigenvalue weighted by molar-refractivity contribution is -0.130. The van der Waals surface area contributed by atoms with Crippen LogP contribution < -0.4 is 0 Å². The van der Waals surface area contributed by atoms with Crippen LogP contribution in [0.25, 0.3) is 30.6 Å². The third kappa shape index (κ3) is 16.3. The summed E-state index contributed by atoms with van der Waals surface area (Å²) in [4.78, 5) is 111. The van der Waals surface area contributed by atoms with Gasteiger partial charge < -0.3 is 24.3 Å². The molecule has 22 heteroatoms. The molecule has 3 fully saturated rings. The van der Waals surface area contributed by atoms with Gasteiger partial charge in [-0.05, 0) is 119 Å². The molecule has 1 unspecified atom stereocenters. The van der Waals surface area contributed by atoms with Crippen molar-refractivity contribution in [2.45, 2.75) is 59.3 Å². The Morgan fingerprint density at radius 1 is 0.522 bits per heavy atom. The first-order valence-corrected chi connectivity index (χ1v) is 31.7. The van der Waals surface area contributed by atoms with Gasteiger partial charge in [0.2, 0.25) is 5.78 Å². The van der Waals surface area contributed by atoms with Crippen LogP contribution in [0.3, 0.4) is 0 Å². The molecule has 6 heterocycles. The van der Waals surface area contributed by atoms with E-state index in [-0.39, 0.29) is 55.0 Å². The number of esters is 1. The molecule has 0 spiro atoms. The Morgan fingerprint density at radius 2 is 0.944 bits per heavy atom. The van der Waals surface area contributed by atoms with Gasteiger partial charge in [-0.2, -0.15) is 10.5 Å². The molecule has 462 valence electrons. The first kappa shape index (κ1) is 66.5. The predicted octanol–water partition coefficient (Wildman–Crippen LogP) is 10.5. The molecule has 4 atom stereocenters. The number of benzene rings is 6. The molecule has 12 rings (SSSR count). The lowest BCUT2D eigenvalue weighted by atomic mass is 10.0.